The van der Waals surface area contributed by atoms with Gasteiger partial charge in [-0.25, -0.2) is 0 Å². The Kier molecular flexibility index (Phi) is 4.19. The molecule has 1 atom stereocenters. The molecule has 0 amide bonds. The van der Waals surface area contributed by atoms with Gasteiger partial charge in [-0.3, -0.25) is 4.79 Å². The van der Waals surface area contributed by atoms with Gasteiger partial charge in [0, 0.05) is 22.6 Å². The predicted octanol–water partition coefficient (Wildman–Crippen LogP) is 3.68. The molecule has 0 fully saturated rings. The molecule has 1 unspecified atom stereocenters. The highest BCUT2D eigenvalue weighted by Crippen LogP contribution is 2.35. The van der Waals surface area contributed by atoms with Crippen LogP contribution in [0.2, 0.25) is 0 Å². The Morgan fingerprint density at radius 1 is 1.13 bits per heavy atom. The maximum Gasteiger partial charge on any atom is 0.195 e. The van der Waals surface area contributed by atoms with Crippen LogP contribution in [0.4, 0.5) is 0 Å². The first-order valence-corrected chi connectivity index (χ1v) is 8.23. The minimum atomic E-state index is -1.40. The number of aliphatic hydroxyl groups is 1. The van der Waals surface area contributed by atoms with Crippen molar-refractivity contribution in [3.63, 3.8) is 0 Å². The number of carbonyl (C=O) groups excluding carboxylic acids is 1. The largest absolute Gasteiger partial charge is 0.363 e. The number of hydrogen-bond acceptors (Lipinski definition) is 3. The molecule has 0 radical (unpaired) electrons. The summed E-state index contributed by atoms with van der Waals surface area (Å²) in [5, 5.41) is 11.0. The Balaban J connectivity index is 2.02. The maximum atomic E-state index is 12.7. The van der Waals surface area contributed by atoms with Crippen molar-refractivity contribution in [2.24, 2.45) is 0 Å². The van der Waals surface area contributed by atoms with E-state index in [0.29, 0.717) is 21.7 Å². The zero-order valence-corrected chi connectivity index (χ0v) is 14.8. The molecule has 1 heterocycles. The fourth-order valence-electron chi connectivity index (χ4n) is 2.58. The first kappa shape index (κ1) is 16.1. The van der Waals surface area contributed by atoms with Crippen LogP contribution in [0.5, 0.6) is 0 Å². The number of nitrogens with zero attached hydrogens (tertiary/aromatic N) is 1. The number of benzene rings is 2. The zero-order chi connectivity index (χ0) is 16.6. The van der Waals surface area contributed by atoms with Gasteiger partial charge in [0.15, 0.2) is 11.5 Å². The van der Waals surface area contributed by atoms with Crippen LogP contribution in [0, 0.1) is 0 Å². The van der Waals surface area contributed by atoms with E-state index in [1.807, 2.05) is 30.3 Å². The van der Waals surface area contributed by atoms with Gasteiger partial charge in [-0.1, -0.05) is 58.5 Å². The van der Waals surface area contributed by atoms with Crippen LogP contribution in [0.3, 0.4) is 0 Å². The van der Waals surface area contributed by atoms with Crippen molar-refractivity contribution in [3.05, 3.63) is 81.8 Å². The second-order valence-corrected chi connectivity index (χ2v) is 6.65. The molecule has 3 nitrogen and oxygen atoms in total. The second kappa shape index (κ2) is 6.00. The summed E-state index contributed by atoms with van der Waals surface area (Å²) in [5.41, 5.74) is 0.144. The van der Waals surface area contributed by atoms with E-state index in [-0.39, 0.29) is 5.78 Å². The van der Waals surface area contributed by atoms with Crippen molar-refractivity contribution < 1.29 is 9.90 Å². The van der Waals surface area contributed by atoms with Gasteiger partial charge in [0.05, 0.1) is 5.57 Å². The third kappa shape index (κ3) is 2.76. The van der Waals surface area contributed by atoms with Crippen molar-refractivity contribution >= 4 is 38.9 Å². The van der Waals surface area contributed by atoms with Gasteiger partial charge in [0.25, 0.3) is 0 Å². The van der Waals surface area contributed by atoms with Crippen LogP contribution in [0.25, 0.3) is 0 Å². The number of rotatable bonds is 3. The topological polar surface area (TPSA) is 40.5 Å². The van der Waals surface area contributed by atoms with Gasteiger partial charge in [0.1, 0.15) is 4.99 Å². The van der Waals surface area contributed by atoms with Crippen LogP contribution in [0.15, 0.2) is 70.7 Å². The van der Waals surface area contributed by atoms with Crippen LogP contribution in [-0.2, 0) is 5.72 Å². The average Bonchev–Trinajstić information content (AvgIpc) is 2.81. The molecule has 2 aromatic rings. The lowest BCUT2D eigenvalue weighted by Crippen LogP contribution is -2.40. The monoisotopic (exact) mass is 387 g/mol. The number of carbonyl (C=O) groups is 1. The lowest BCUT2D eigenvalue weighted by molar-refractivity contribution is -0.00869. The third-order valence-electron chi connectivity index (χ3n) is 3.94. The molecule has 116 valence electrons. The van der Waals surface area contributed by atoms with E-state index in [1.54, 1.807) is 36.2 Å². The van der Waals surface area contributed by atoms with E-state index in [9.17, 15) is 9.90 Å². The number of hydrogen-bond donors (Lipinski definition) is 1. The Bertz CT molecular complexity index is 802. The van der Waals surface area contributed by atoms with E-state index in [4.69, 9.17) is 12.2 Å². The summed E-state index contributed by atoms with van der Waals surface area (Å²) in [6.45, 7) is 0. The summed E-state index contributed by atoms with van der Waals surface area (Å²) in [4.78, 5) is 14.6. The van der Waals surface area contributed by atoms with Gasteiger partial charge in [-0.05, 0) is 30.3 Å². The van der Waals surface area contributed by atoms with E-state index in [0.717, 1.165) is 4.47 Å². The summed E-state index contributed by atoms with van der Waals surface area (Å²) in [7, 11) is 1.69. The summed E-state index contributed by atoms with van der Waals surface area (Å²) in [6, 6.07) is 16.2. The molecule has 0 spiro atoms. The highest BCUT2D eigenvalue weighted by molar-refractivity contribution is 9.10. The molecule has 0 saturated heterocycles. The van der Waals surface area contributed by atoms with Gasteiger partial charge >= 0.3 is 0 Å². The van der Waals surface area contributed by atoms with E-state index in [1.165, 1.54) is 6.08 Å². The Morgan fingerprint density at radius 3 is 2.35 bits per heavy atom. The zero-order valence-electron chi connectivity index (χ0n) is 12.4. The van der Waals surface area contributed by atoms with E-state index in [2.05, 4.69) is 15.9 Å². The van der Waals surface area contributed by atoms with Gasteiger partial charge in [-0.2, -0.15) is 0 Å². The Labute approximate surface area is 148 Å². The molecular formula is C18H14BrNO2S. The SMILES string of the molecule is CN1C(=S)C(C(=O)c2ccc(Br)cc2)=CC1(O)c1ccccc1. The average molecular weight is 388 g/mol. The number of thiocarbonyl (C=S) groups is 1. The first-order valence-electron chi connectivity index (χ1n) is 7.02. The molecule has 0 saturated carbocycles. The third-order valence-corrected chi connectivity index (χ3v) is 4.96. The van der Waals surface area contributed by atoms with Crippen LogP contribution < -0.4 is 0 Å². The van der Waals surface area contributed by atoms with Gasteiger partial charge in [-0.15, -0.1) is 0 Å². The number of likely N-dealkylation sites (N-methyl/N-ethyl adjacent to an activating group) is 1. The molecule has 2 aromatic carbocycles. The highest BCUT2D eigenvalue weighted by atomic mass is 79.9. The fourth-order valence-corrected chi connectivity index (χ4v) is 3.13. The smallest absolute Gasteiger partial charge is 0.195 e. The summed E-state index contributed by atoms with van der Waals surface area (Å²) >= 11 is 8.73. The Morgan fingerprint density at radius 2 is 1.74 bits per heavy atom. The van der Waals surface area contributed by atoms with Gasteiger partial charge in [0.2, 0.25) is 0 Å². The van der Waals surface area contributed by atoms with Gasteiger partial charge < -0.3 is 10.0 Å². The lowest BCUT2D eigenvalue weighted by atomic mass is 10.00. The summed E-state index contributed by atoms with van der Waals surface area (Å²) in [5.74, 6) is -0.193. The quantitative estimate of drug-likeness (QED) is 0.644. The van der Waals surface area contributed by atoms with Crippen molar-refractivity contribution in [1.82, 2.24) is 4.90 Å². The minimum absolute atomic E-state index is 0.193. The normalized spacial score (nSPS) is 20.6. The Hall–Kier alpha value is -1.82. The summed E-state index contributed by atoms with van der Waals surface area (Å²) in [6.07, 6.45) is 1.54. The summed E-state index contributed by atoms with van der Waals surface area (Å²) < 4.78 is 0.898. The molecule has 1 aliphatic heterocycles. The molecule has 0 aromatic heterocycles. The maximum absolute atomic E-state index is 12.7. The van der Waals surface area contributed by atoms with Crippen LogP contribution >= 0.6 is 28.1 Å². The van der Waals surface area contributed by atoms with Crippen LogP contribution in [-0.4, -0.2) is 27.8 Å². The second-order valence-electron chi connectivity index (χ2n) is 5.35. The molecular weight excluding hydrogens is 374 g/mol. The van der Waals surface area contributed by atoms with Crippen molar-refractivity contribution in [3.8, 4) is 0 Å². The van der Waals surface area contributed by atoms with E-state index < -0.39 is 5.72 Å². The number of Topliss-reactive ketones (excluding diaryl/α,β-unsaturated/α-hetero) is 1. The highest BCUT2D eigenvalue weighted by Gasteiger charge is 2.42. The fraction of sp³-hybridized carbons (Fsp3) is 0.111. The molecule has 23 heavy (non-hydrogen) atoms. The number of ketones is 1. The van der Waals surface area contributed by atoms with E-state index >= 15 is 0 Å². The standard InChI is InChI=1S/C18H14BrNO2S/c1-20-17(23)15(16(21)12-7-9-14(19)10-8-12)11-18(20,22)13-5-3-2-4-6-13/h2-11,22H,1H3. The molecule has 5 heteroatoms. The minimum Gasteiger partial charge on any atom is -0.363 e. The molecule has 1 aliphatic rings. The lowest BCUT2D eigenvalue weighted by Gasteiger charge is -2.31. The predicted molar refractivity (Wildman–Crippen MR) is 97.3 cm³/mol. The molecule has 1 N–H and O–H groups in total. The number of halogens is 1. The first-order chi connectivity index (χ1) is 10.9. The van der Waals surface area contributed by atoms with Crippen molar-refractivity contribution in [2.75, 3.05) is 7.05 Å². The molecule has 3 rings (SSSR count). The van der Waals surface area contributed by atoms with Crippen molar-refractivity contribution in [2.45, 2.75) is 5.72 Å². The van der Waals surface area contributed by atoms with Crippen LogP contribution in [0.1, 0.15) is 15.9 Å². The molecule has 0 bridgehead atoms. The molecule has 0 aliphatic carbocycles. The van der Waals surface area contributed by atoms with Crippen molar-refractivity contribution in [1.29, 1.82) is 0 Å².